The SMILES string of the molecule is O=C(CCc1cccc(Cl)c1Cl)N1CCN(c2ccc(C(F)(F)F)cc2[N+](=O)[O-])CC1. The normalized spacial score (nSPS) is 14.6. The third-order valence-corrected chi connectivity index (χ3v) is 5.97. The van der Waals surface area contributed by atoms with Gasteiger partial charge in [-0.3, -0.25) is 14.9 Å². The molecule has 1 fully saturated rings. The van der Waals surface area contributed by atoms with Crippen LogP contribution >= 0.6 is 23.2 Å². The number of nitro groups is 1. The number of benzene rings is 2. The van der Waals surface area contributed by atoms with Crippen LogP contribution in [-0.4, -0.2) is 41.9 Å². The molecule has 1 aliphatic rings. The topological polar surface area (TPSA) is 66.7 Å². The summed E-state index contributed by atoms with van der Waals surface area (Å²) >= 11 is 12.1. The Morgan fingerprint density at radius 3 is 2.39 bits per heavy atom. The van der Waals surface area contributed by atoms with E-state index in [1.165, 1.54) is 0 Å². The van der Waals surface area contributed by atoms with E-state index in [2.05, 4.69) is 0 Å². The molecule has 0 atom stereocenters. The molecule has 0 spiro atoms. The summed E-state index contributed by atoms with van der Waals surface area (Å²) in [5.74, 6) is -0.0994. The van der Waals surface area contributed by atoms with Gasteiger partial charge in [0.05, 0.1) is 20.5 Å². The van der Waals surface area contributed by atoms with Crippen molar-refractivity contribution in [1.82, 2.24) is 4.90 Å². The molecule has 166 valence electrons. The van der Waals surface area contributed by atoms with Crippen LogP contribution in [0.2, 0.25) is 10.0 Å². The zero-order valence-electron chi connectivity index (χ0n) is 16.2. The number of carbonyl (C=O) groups excluding carboxylic acids is 1. The first-order valence-corrected chi connectivity index (χ1v) is 10.1. The Labute approximate surface area is 186 Å². The van der Waals surface area contributed by atoms with Gasteiger partial charge in [-0.25, -0.2) is 0 Å². The Balaban J connectivity index is 1.63. The number of halogens is 5. The lowest BCUT2D eigenvalue weighted by atomic mass is 10.1. The summed E-state index contributed by atoms with van der Waals surface area (Å²) < 4.78 is 38.7. The highest BCUT2D eigenvalue weighted by Crippen LogP contribution is 2.36. The van der Waals surface area contributed by atoms with Gasteiger partial charge >= 0.3 is 6.18 Å². The number of alkyl halides is 3. The van der Waals surface area contributed by atoms with E-state index in [0.29, 0.717) is 35.6 Å². The Morgan fingerprint density at radius 1 is 1.10 bits per heavy atom. The van der Waals surface area contributed by atoms with E-state index in [0.717, 1.165) is 17.7 Å². The minimum absolute atomic E-state index is 0.0994. The number of hydrogen-bond acceptors (Lipinski definition) is 4. The molecule has 1 heterocycles. The maximum absolute atomic E-state index is 12.9. The monoisotopic (exact) mass is 475 g/mol. The summed E-state index contributed by atoms with van der Waals surface area (Å²) in [6, 6.07) is 7.69. The van der Waals surface area contributed by atoms with E-state index < -0.39 is 22.4 Å². The van der Waals surface area contributed by atoms with Gasteiger partial charge in [-0.1, -0.05) is 35.3 Å². The van der Waals surface area contributed by atoms with Gasteiger partial charge in [0.2, 0.25) is 5.91 Å². The lowest BCUT2D eigenvalue weighted by molar-refractivity contribution is -0.384. The molecule has 0 aromatic heterocycles. The lowest BCUT2D eigenvalue weighted by Gasteiger charge is -2.36. The largest absolute Gasteiger partial charge is 0.416 e. The molecular formula is C20H18Cl2F3N3O3. The highest BCUT2D eigenvalue weighted by Gasteiger charge is 2.34. The van der Waals surface area contributed by atoms with Crippen LogP contribution in [-0.2, 0) is 17.4 Å². The number of nitrogens with zero attached hydrogens (tertiary/aromatic N) is 3. The molecule has 11 heteroatoms. The fourth-order valence-electron chi connectivity index (χ4n) is 3.45. The van der Waals surface area contributed by atoms with Crippen molar-refractivity contribution >= 4 is 40.5 Å². The average Bonchev–Trinajstić information content (AvgIpc) is 2.73. The highest BCUT2D eigenvalue weighted by molar-refractivity contribution is 6.42. The van der Waals surface area contributed by atoms with Crippen LogP contribution in [0.15, 0.2) is 36.4 Å². The Hall–Kier alpha value is -2.52. The Kier molecular flexibility index (Phi) is 6.96. The highest BCUT2D eigenvalue weighted by atomic mass is 35.5. The van der Waals surface area contributed by atoms with E-state index in [1.54, 1.807) is 28.0 Å². The minimum atomic E-state index is -4.67. The molecule has 31 heavy (non-hydrogen) atoms. The second-order valence-corrected chi connectivity index (χ2v) is 7.82. The first-order valence-electron chi connectivity index (χ1n) is 9.39. The predicted octanol–water partition coefficient (Wildman–Crippen LogP) is 5.20. The summed E-state index contributed by atoms with van der Waals surface area (Å²) in [4.78, 5) is 26.3. The van der Waals surface area contributed by atoms with Crippen molar-refractivity contribution in [1.29, 1.82) is 0 Å². The van der Waals surface area contributed by atoms with E-state index in [1.807, 2.05) is 0 Å². The second-order valence-electron chi connectivity index (χ2n) is 7.04. The zero-order valence-corrected chi connectivity index (χ0v) is 17.7. The van der Waals surface area contributed by atoms with Gasteiger partial charge in [-0.2, -0.15) is 13.2 Å². The summed E-state index contributed by atoms with van der Waals surface area (Å²) in [5, 5.41) is 12.1. The van der Waals surface area contributed by atoms with Gasteiger partial charge in [0.15, 0.2) is 0 Å². The van der Waals surface area contributed by atoms with Crippen LogP contribution in [0.5, 0.6) is 0 Å². The minimum Gasteiger partial charge on any atom is -0.362 e. The molecule has 0 unspecified atom stereocenters. The quantitative estimate of drug-likeness (QED) is 0.440. The number of hydrogen-bond donors (Lipinski definition) is 0. The summed E-state index contributed by atoms with van der Waals surface area (Å²) in [5.41, 5.74) is -0.807. The molecule has 2 aromatic rings. The third-order valence-electron chi connectivity index (χ3n) is 5.11. The number of rotatable bonds is 5. The first-order chi connectivity index (χ1) is 14.6. The fourth-order valence-corrected chi connectivity index (χ4v) is 3.87. The third kappa shape index (κ3) is 5.40. The molecule has 2 aromatic carbocycles. The summed E-state index contributed by atoms with van der Waals surface area (Å²) in [7, 11) is 0. The number of anilines is 1. The van der Waals surface area contributed by atoms with Crippen LogP contribution in [0.1, 0.15) is 17.5 Å². The molecule has 0 saturated carbocycles. The molecule has 1 aliphatic heterocycles. The molecular weight excluding hydrogens is 458 g/mol. The summed E-state index contributed by atoms with van der Waals surface area (Å²) in [6.07, 6.45) is -4.02. The second kappa shape index (κ2) is 9.32. The van der Waals surface area contributed by atoms with E-state index >= 15 is 0 Å². The maximum Gasteiger partial charge on any atom is 0.416 e. The van der Waals surface area contributed by atoms with E-state index in [-0.39, 0.29) is 31.1 Å². The molecule has 0 radical (unpaired) electrons. The van der Waals surface area contributed by atoms with Crippen LogP contribution < -0.4 is 4.90 Å². The molecule has 0 bridgehead atoms. The standard InChI is InChI=1S/C20H18Cl2F3N3O3/c21-15-3-1-2-13(19(15)22)4-7-18(29)27-10-8-26(9-11-27)16-6-5-14(20(23,24)25)12-17(16)28(30)31/h1-3,5-6,12H,4,7-11H2. The van der Waals surface area contributed by atoms with E-state index in [9.17, 15) is 28.1 Å². The van der Waals surface area contributed by atoms with Gasteiger partial charge < -0.3 is 9.80 Å². The molecule has 1 saturated heterocycles. The van der Waals surface area contributed by atoms with Crippen LogP contribution in [0.4, 0.5) is 24.5 Å². The van der Waals surface area contributed by atoms with Crippen molar-refractivity contribution in [2.24, 2.45) is 0 Å². The maximum atomic E-state index is 12.9. The van der Waals surface area contributed by atoms with E-state index in [4.69, 9.17) is 23.2 Å². The number of carbonyl (C=O) groups is 1. The lowest BCUT2D eigenvalue weighted by Crippen LogP contribution is -2.49. The molecule has 1 amide bonds. The Bertz CT molecular complexity index is 993. The van der Waals surface area contributed by atoms with Crippen molar-refractivity contribution in [2.45, 2.75) is 19.0 Å². The van der Waals surface area contributed by atoms with Gasteiger partial charge in [0, 0.05) is 38.7 Å². The number of aryl methyl sites for hydroxylation is 1. The predicted molar refractivity (Wildman–Crippen MR) is 112 cm³/mol. The smallest absolute Gasteiger partial charge is 0.362 e. The van der Waals surface area contributed by atoms with Gasteiger partial charge in [-0.05, 0) is 30.2 Å². The van der Waals surface area contributed by atoms with Crippen LogP contribution in [0.25, 0.3) is 0 Å². The molecule has 0 N–H and O–H groups in total. The molecule has 0 aliphatic carbocycles. The number of amides is 1. The molecule has 6 nitrogen and oxygen atoms in total. The van der Waals surface area contributed by atoms with Gasteiger partial charge in [-0.15, -0.1) is 0 Å². The van der Waals surface area contributed by atoms with Crippen molar-refractivity contribution in [3.63, 3.8) is 0 Å². The van der Waals surface area contributed by atoms with Gasteiger partial charge in [0.25, 0.3) is 5.69 Å². The van der Waals surface area contributed by atoms with Crippen molar-refractivity contribution in [3.05, 3.63) is 67.7 Å². The van der Waals surface area contributed by atoms with Crippen LogP contribution in [0, 0.1) is 10.1 Å². The average molecular weight is 476 g/mol. The summed E-state index contributed by atoms with van der Waals surface area (Å²) in [6.45, 7) is 1.16. The fraction of sp³-hybridized carbons (Fsp3) is 0.350. The van der Waals surface area contributed by atoms with Gasteiger partial charge in [0.1, 0.15) is 5.69 Å². The molecule has 3 rings (SSSR count). The number of piperazine rings is 1. The Morgan fingerprint density at radius 2 is 1.77 bits per heavy atom. The zero-order chi connectivity index (χ0) is 22.8. The van der Waals surface area contributed by atoms with Crippen molar-refractivity contribution in [2.75, 3.05) is 31.1 Å². The van der Waals surface area contributed by atoms with Crippen molar-refractivity contribution in [3.8, 4) is 0 Å². The number of nitro benzene ring substituents is 1. The first kappa shape index (κ1) is 23.1. The van der Waals surface area contributed by atoms with Crippen LogP contribution in [0.3, 0.4) is 0 Å². The van der Waals surface area contributed by atoms with Crippen molar-refractivity contribution < 1.29 is 22.9 Å².